The lowest BCUT2D eigenvalue weighted by Crippen LogP contribution is -2.36. The van der Waals surface area contributed by atoms with Crippen molar-refractivity contribution in [2.24, 2.45) is 0 Å². The molecule has 1 heterocycles. The monoisotopic (exact) mass is 374 g/mol. The van der Waals surface area contributed by atoms with Crippen molar-refractivity contribution >= 4 is 5.97 Å². The number of methoxy groups -OCH3 is 1. The molecule has 0 bridgehead atoms. The predicted octanol–water partition coefficient (Wildman–Crippen LogP) is 5.27. The standard InChI is InChI=1S/C24H22O4/c1-16(2)17-14-20(23(25)26-3)22-21(15-17)27-24(28-22,18-10-6-4-7-11-18)19-12-8-5-9-13-19/h4-16H,1-3H3. The van der Waals surface area contributed by atoms with Crippen molar-refractivity contribution in [3.63, 3.8) is 0 Å². The Morgan fingerprint density at radius 2 is 1.46 bits per heavy atom. The smallest absolute Gasteiger partial charge is 0.341 e. The molecule has 3 aromatic carbocycles. The first-order valence-electron chi connectivity index (χ1n) is 9.30. The molecular formula is C24H22O4. The van der Waals surface area contributed by atoms with Gasteiger partial charge in [-0.05, 0) is 23.6 Å². The largest absolute Gasteiger partial charge is 0.465 e. The Balaban J connectivity index is 1.93. The van der Waals surface area contributed by atoms with Crippen LogP contribution in [-0.2, 0) is 10.5 Å². The summed E-state index contributed by atoms with van der Waals surface area (Å²) in [5.41, 5.74) is 3.05. The molecule has 1 aliphatic rings. The Hall–Kier alpha value is -3.27. The molecule has 4 rings (SSSR count). The molecule has 4 nitrogen and oxygen atoms in total. The molecule has 0 radical (unpaired) electrons. The van der Waals surface area contributed by atoms with E-state index in [9.17, 15) is 4.79 Å². The highest BCUT2D eigenvalue weighted by molar-refractivity contribution is 5.94. The number of hydrogen-bond donors (Lipinski definition) is 0. The normalized spacial score (nSPS) is 14.1. The molecule has 0 aromatic heterocycles. The third-order valence-corrected chi connectivity index (χ3v) is 4.96. The maximum Gasteiger partial charge on any atom is 0.341 e. The third-order valence-electron chi connectivity index (χ3n) is 4.96. The number of ether oxygens (including phenoxy) is 3. The summed E-state index contributed by atoms with van der Waals surface area (Å²) in [4.78, 5) is 12.5. The first-order valence-corrected chi connectivity index (χ1v) is 9.30. The minimum absolute atomic E-state index is 0.223. The Morgan fingerprint density at radius 1 is 0.893 bits per heavy atom. The van der Waals surface area contributed by atoms with Crippen LogP contribution >= 0.6 is 0 Å². The topological polar surface area (TPSA) is 44.8 Å². The number of carbonyl (C=O) groups excluding carboxylic acids is 1. The highest BCUT2D eigenvalue weighted by atomic mass is 16.7. The molecule has 4 heteroatoms. The second-order valence-corrected chi connectivity index (χ2v) is 7.09. The molecule has 3 aromatic rings. The number of rotatable bonds is 4. The average Bonchev–Trinajstić information content (AvgIpc) is 3.14. The fraction of sp³-hybridized carbons (Fsp3) is 0.208. The van der Waals surface area contributed by atoms with Gasteiger partial charge in [-0.25, -0.2) is 4.79 Å². The van der Waals surface area contributed by atoms with Gasteiger partial charge in [0.05, 0.1) is 7.11 Å². The number of esters is 1. The van der Waals surface area contributed by atoms with Crippen LogP contribution in [0.4, 0.5) is 0 Å². The van der Waals surface area contributed by atoms with Crippen molar-refractivity contribution in [3.05, 3.63) is 95.1 Å². The van der Waals surface area contributed by atoms with Crippen LogP contribution in [0.3, 0.4) is 0 Å². The minimum Gasteiger partial charge on any atom is -0.465 e. The van der Waals surface area contributed by atoms with E-state index in [0.29, 0.717) is 17.1 Å². The molecule has 0 spiro atoms. The van der Waals surface area contributed by atoms with Gasteiger partial charge in [-0.15, -0.1) is 0 Å². The summed E-state index contributed by atoms with van der Waals surface area (Å²) in [6, 6.07) is 23.3. The molecular weight excluding hydrogens is 352 g/mol. The summed E-state index contributed by atoms with van der Waals surface area (Å²) in [6.45, 7) is 4.14. The van der Waals surface area contributed by atoms with Crippen molar-refractivity contribution in [1.29, 1.82) is 0 Å². The van der Waals surface area contributed by atoms with Crippen LogP contribution < -0.4 is 9.47 Å². The van der Waals surface area contributed by atoms with Crippen molar-refractivity contribution in [2.45, 2.75) is 25.6 Å². The van der Waals surface area contributed by atoms with Crippen molar-refractivity contribution < 1.29 is 19.0 Å². The van der Waals surface area contributed by atoms with Crippen LogP contribution in [-0.4, -0.2) is 13.1 Å². The van der Waals surface area contributed by atoms with Gasteiger partial charge in [0.2, 0.25) is 0 Å². The zero-order valence-corrected chi connectivity index (χ0v) is 16.1. The number of benzene rings is 3. The lowest BCUT2D eigenvalue weighted by Gasteiger charge is -2.28. The quantitative estimate of drug-likeness (QED) is 0.584. The van der Waals surface area contributed by atoms with Crippen LogP contribution in [0.5, 0.6) is 11.5 Å². The Labute approximate surface area is 164 Å². The second-order valence-electron chi connectivity index (χ2n) is 7.09. The molecule has 142 valence electrons. The molecule has 0 unspecified atom stereocenters. The van der Waals surface area contributed by atoms with E-state index in [1.807, 2.05) is 72.8 Å². The zero-order chi connectivity index (χ0) is 19.7. The molecule has 0 amide bonds. The van der Waals surface area contributed by atoms with E-state index in [-0.39, 0.29) is 5.92 Å². The van der Waals surface area contributed by atoms with Crippen molar-refractivity contribution in [3.8, 4) is 11.5 Å². The molecule has 0 saturated carbocycles. The summed E-state index contributed by atoms with van der Waals surface area (Å²) < 4.78 is 17.9. The lowest BCUT2D eigenvalue weighted by molar-refractivity contribution is -0.0462. The first-order chi connectivity index (χ1) is 13.5. The summed E-state index contributed by atoms with van der Waals surface area (Å²) in [5, 5.41) is 0. The van der Waals surface area contributed by atoms with Gasteiger partial charge in [-0.1, -0.05) is 74.5 Å². The van der Waals surface area contributed by atoms with E-state index in [0.717, 1.165) is 16.7 Å². The van der Waals surface area contributed by atoms with Gasteiger partial charge in [-0.3, -0.25) is 0 Å². The summed E-state index contributed by atoms with van der Waals surface area (Å²) in [7, 11) is 1.37. The van der Waals surface area contributed by atoms with E-state index in [4.69, 9.17) is 14.2 Å². The summed E-state index contributed by atoms with van der Waals surface area (Å²) in [6.07, 6.45) is 0. The Kier molecular flexibility index (Phi) is 4.55. The van der Waals surface area contributed by atoms with Gasteiger partial charge in [0.1, 0.15) is 5.56 Å². The second kappa shape index (κ2) is 7.04. The van der Waals surface area contributed by atoms with Crippen LogP contribution in [0.2, 0.25) is 0 Å². The zero-order valence-electron chi connectivity index (χ0n) is 16.1. The van der Waals surface area contributed by atoms with Crippen molar-refractivity contribution in [2.75, 3.05) is 7.11 Å². The maximum atomic E-state index is 12.5. The SMILES string of the molecule is COC(=O)c1cc(C(C)C)cc2c1OC(c1ccccc1)(c1ccccc1)O2. The molecule has 28 heavy (non-hydrogen) atoms. The molecule has 0 aliphatic carbocycles. The van der Waals surface area contributed by atoms with Gasteiger partial charge in [-0.2, -0.15) is 0 Å². The average molecular weight is 374 g/mol. The fourth-order valence-corrected chi connectivity index (χ4v) is 3.44. The van der Waals surface area contributed by atoms with E-state index < -0.39 is 11.8 Å². The van der Waals surface area contributed by atoms with Crippen LogP contribution in [0.15, 0.2) is 72.8 Å². The lowest BCUT2D eigenvalue weighted by atomic mass is 9.97. The predicted molar refractivity (Wildman–Crippen MR) is 107 cm³/mol. The summed E-state index contributed by atoms with van der Waals surface area (Å²) >= 11 is 0. The number of carbonyl (C=O) groups is 1. The third kappa shape index (κ3) is 2.91. The summed E-state index contributed by atoms with van der Waals surface area (Å²) in [5.74, 6) is -0.438. The first kappa shape index (κ1) is 18.1. The van der Waals surface area contributed by atoms with Crippen molar-refractivity contribution in [1.82, 2.24) is 0 Å². The van der Waals surface area contributed by atoms with Gasteiger partial charge in [0.15, 0.2) is 11.5 Å². The Bertz CT molecular complexity index is 954. The molecule has 0 N–H and O–H groups in total. The van der Waals surface area contributed by atoms with Crippen LogP contribution in [0.25, 0.3) is 0 Å². The van der Waals surface area contributed by atoms with E-state index in [2.05, 4.69) is 13.8 Å². The minimum atomic E-state index is -1.16. The van der Waals surface area contributed by atoms with Gasteiger partial charge in [0, 0.05) is 11.1 Å². The van der Waals surface area contributed by atoms with Crippen LogP contribution in [0.1, 0.15) is 46.8 Å². The fourth-order valence-electron chi connectivity index (χ4n) is 3.44. The molecule has 0 fully saturated rings. The van der Waals surface area contributed by atoms with Crippen LogP contribution in [0, 0.1) is 0 Å². The van der Waals surface area contributed by atoms with Gasteiger partial charge >= 0.3 is 11.8 Å². The molecule has 0 atom stereocenters. The highest BCUT2D eigenvalue weighted by Gasteiger charge is 2.47. The van der Waals surface area contributed by atoms with E-state index in [1.165, 1.54) is 7.11 Å². The van der Waals surface area contributed by atoms with E-state index >= 15 is 0 Å². The van der Waals surface area contributed by atoms with Gasteiger partial charge < -0.3 is 14.2 Å². The molecule has 0 saturated heterocycles. The maximum absolute atomic E-state index is 12.5. The molecule has 1 aliphatic heterocycles. The number of hydrogen-bond acceptors (Lipinski definition) is 4. The van der Waals surface area contributed by atoms with Gasteiger partial charge in [0.25, 0.3) is 0 Å². The number of fused-ring (bicyclic) bond motifs is 1. The van der Waals surface area contributed by atoms with E-state index in [1.54, 1.807) is 0 Å². The Morgan fingerprint density at radius 3 is 1.96 bits per heavy atom. The highest BCUT2D eigenvalue weighted by Crippen LogP contribution is 2.50.